The van der Waals surface area contributed by atoms with Gasteiger partial charge in [0.25, 0.3) is 5.56 Å². The van der Waals surface area contributed by atoms with Crippen molar-refractivity contribution in [1.29, 1.82) is 0 Å². The number of H-pyrrole nitrogens is 1. The molecule has 0 saturated carbocycles. The molecule has 0 bridgehead atoms. The van der Waals surface area contributed by atoms with Gasteiger partial charge in [-0.2, -0.15) is 0 Å². The van der Waals surface area contributed by atoms with Crippen molar-refractivity contribution in [3.8, 4) is 0 Å². The summed E-state index contributed by atoms with van der Waals surface area (Å²) in [7, 11) is 0. The molecule has 3 rings (SSSR count). The molecule has 1 aromatic heterocycles. The first-order valence-electron chi connectivity index (χ1n) is 7.67. The van der Waals surface area contributed by atoms with Gasteiger partial charge in [-0.05, 0) is 31.2 Å². The van der Waals surface area contributed by atoms with Crippen LogP contribution in [0.1, 0.15) is 29.7 Å². The number of hydrogen-bond acceptors (Lipinski definition) is 5. The fourth-order valence-electron chi connectivity index (χ4n) is 2.56. The summed E-state index contributed by atoms with van der Waals surface area (Å²) in [5.74, 6) is -0.187. The summed E-state index contributed by atoms with van der Waals surface area (Å²) in [6.45, 7) is 0.258. The van der Waals surface area contributed by atoms with E-state index in [1.54, 1.807) is 0 Å². The highest BCUT2D eigenvalue weighted by Crippen LogP contribution is 2.19. The molecule has 0 radical (unpaired) electrons. The summed E-state index contributed by atoms with van der Waals surface area (Å²) in [4.78, 5) is 31.0. The predicted molar refractivity (Wildman–Crippen MR) is 88.5 cm³/mol. The van der Waals surface area contributed by atoms with Crippen molar-refractivity contribution in [2.24, 2.45) is 0 Å². The van der Waals surface area contributed by atoms with Crippen molar-refractivity contribution in [3.05, 3.63) is 57.5 Å². The van der Waals surface area contributed by atoms with Crippen LogP contribution in [0.15, 0.2) is 40.3 Å². The Morgan fingerprint density at radius 1 is 1.22 bits per heavy atom. The van der Waals surface area contributed by atoms with Crippen LogP contribution < -0.4 is 5.56 Å². The number of aromatic nitrogens is 2. The van der Waals surface area contributed by atoms with Gasteiger partial charge < -0.3 is 9.72 Å². The number of rotatable bonds is 5. The van der Waals surface area contributed by atoms with Crippen molar-refractivity contribution in [1.82, 2.24) is 9.97 Å². The summed E-state index contributed by atoms with van der Waals surface area (Å²) in [6, 6.07) is 9.53. The van der Waals surface area contributed by atoms with Gasteiger partial charge in [0.1, 0.15) is 6.61 Å². The number of nitrogens with one attached hydrogen (secondary N) is 1. The van der Waals surface area contributed by atoms with Crippen LogP contribution in [0, 0.1) is 0 Å². The molecule has 0 saturated heterocycles. The minimum atomic E-state index is -0.320. The van der Waals surface area contributed by atoms with E-state index in [-0.39, 0.29) is 23.9 Å². The molecular formula is C17H18N2O3S. The van der Waals surface area contributed by atoms with E-state index in [2.05, 4.69) is 9.97 Å². The van der Waals surface area contributed by atoms with Gasteiger partial charge in [-0.25, -0.2) is 4.98 Å². The molecular weight excluding hydrogens is 312 g/mol. The van der Waals surface area contributed by atoms with Crippen molar-refractivity contribution in [3.63, 3.8) is 0 Å². The number of esters is 1. The number of thioether (sulfide) groups is 1. The van der Waals surface area contributed by atoms with Gasteiger partial charge in [0.15, 0.2) is 5.16 Å². The number of carbonyl (C=O) groups excluding carboxylic acids is 1. The number of carbonyl (C=O) groups is 1. The van der Waals surface area contributed by atoms with Crippen molar-refractivity contribution >= 4 is 17.7 Å². The fraction of sp³-hybridized carbons (Fsp3) is 0.353. The van der Waals surface area contributed by atoms with Crippen LogP contribution in [0.25, 0.3) is 0 Å². The molecule has 5 nitrogen and oxygen atoms in total. The number of ether oxygens (including phenoxy) is 1. The zero-order valence-electron chi connectivity index (χ0n) is 12.7. The quantitative estimate of drug-likeness (QED) is 0.518. The van der Waals surface area contributed by atoms with E-state index in [0.717, 1.165) is 42.5 Å². The summed E-state index contributed by atoms with van der Waals surface area (Å²) in [5, 5.41) is 0.493. The van der Waals surface area contributed by atoms with Gasteiger partial charge in [-0.15, -0.1) is 0 Å². The van der Waals surface area contributed by atoms with Crippen LogP contribution in [-0.2, 0) is 29.0 Å². The third-order valence-electron chi connectivity index (χ3n) is 3.74. The second-order valence-electron chi connectivity index (χ2n) is 5.44. The van der Waals surface area contributed by atoms with Crippen LogP contribution >= 0.6 is 11.8 Å². The lowest BCUT2D eigenvalue weighted by molar-refractivity contribution is -0.141. The summed E-state index contributed by atoms with van der Waals surface area (Å²) in [5.41, 5.74) is 2.55. The zero-order chi connectivity index (χ0) is 16.1. The highest BCUT2D eigenvalue weighted by Gasteiger charge is 2.16. The van der Waals surface area contributed by atoms with Gasteiger partial charge in [-0.3, -0.25) is 9.59 Å². The minimum absolute atomic E-state index is 0.0742. The van der Waals surface area contributed by atoms with E-state index in [4.69, 9.17) is 4.74 Å². The van der Waals surface area contributed by atoms with Crippen LogP contribution in [0.3, 0.4) is 0 Å². The number of aryl methyl sites for hydroxylation is 1. The number of nitrogens with zero attached hydrogens (tertiary/aromatic N) is 1. The van der Waals surface area contributed by atoms with Crippen molar-refractivity contribution < 1.29 is 9.53 Å². The zero-order valence-corrected chi connectivity index (χ0v) is 13.5. The Kier molecular flexibility index (Phi) is 5.12. The van der Waals surface area contributed by atoms with E-state index in [1.807, 2.05) is 30.3 Å². The van der Waals surface area contributed by atoms with Gasteiger partial charge in [0.2, 0.25) is 0 Å². The lowest BCUT2D eigenvalue weighted by Crippen LogP contribution is -2.21. The first kappa shape index (κ1) is 15.8. The van der Waals surface area contributed by atoms with Crippen LogP contribution in [0.5, 0.6) is 0 Å². The van der Waals surface area contributed by atoms with Crippen LogP contribution in [0.4, 0.5) is 0 Å². The van der Waals surface area contributed by atoms with E-state index in [1.165, 1.54) is 11.8 Å². The molecule has 0 atom stereocenters. The highest BCUT2D eigenvalue weighted by atomic mass is 32.2. The predicted octanol–water partition coefficient (Wildman–Crippen LogP) is 2.48. The average molecular weight is 330 g/mol. The molecule has 1 heterocycles. The van der Waals surface area contributed by atoms with Crippen LogP contribution in [-0.4, -0.2) is 21.7 Å². The summed E-state index contributed by atoms with van der Waals surface area (Å²) >= 11 is 1.21. The Hall–Kier alpha value is -2.08. The Morgan fingerprint density at radius 3 is 2.83 bits per heavy atom. The molecule has 1 aliphatic carbocycles. The first-order chi connectivity index (χ1) is 11.2. The standard InChI is InChI=1S/C17H18N2O3S/c20-15(22-10-12-6-2-1-3-7-12)11-23-17-18-14-9-5-4-8-13(14)16(21)19-17/h1-3,6-7H,4-5,8-11H2,(H,18,19,21). The number of aromatic amines is 1. The Labute approximate surface area is 138 Å². The normalized spacial score (nSPS) is 13.4. The van der Waals surface area contributed by atoms with E-state index < -0.39 is 0 Å². The molecule has 0 spiro atoms. The molecule has 6 heteroatoms. The average Bonchev–Trinajstić information content (AvgIpc) is 2.59. The van der Waals surface area contributed by atoms with Gasteiger partial charge >= 0.3 is 5.97 Å². The summed E-state index contributed by atoms with van der Waals surface area (Å²) in [6.07, 6.45) is 3.73. The van der Waals surface area contributed by atoms with E-state index in [0.29, 0.717) is 5.16 Å². The number of hydrogen-bond donors (Lipinski definition) is 1. The number of fused-ring (bicyclic) bond motifs is 1. The summed E-state index contributed by atoms with van der Waals surface area (Å²) < 4.78 is 5.21. The Bertz CT molecular complexity index is 743. The maximum Gasteiger partial charge on any atom is 0.316 e. The largest absolute Gasteiger partial charge is 0.460 e. The molecule has 0 aliphatic heterocycles. The molecule has 1 aliphatic rings. The Morgan fingerprint density at radius 2 is 2.00 bits per heavy atom. The molecule has 2 aromatic rings. The third-order valence-corrected chi connectivity index (χ3v) is 4.59. The van der Waals surface area contributed by atoms with Crippen molar-refractivity contribution in [2.45, 2.75) is 37.4 Å². The van der Waals surface area contributed by atoms with E-state index >= 15 is 0 Å². The van der Waals surface area contributed by atoms with Gasteiger partial charge in [0, 0.05) is 5.56 Å². The maximum absolute atomic E-state index is 12.0. The van der Waals surface area contributed by atoms with Crippen LogP contribution in [0.2, 0.25) is 0 Å². The topological polar surface area (TPSA) is 72.0 Å². The molecule has 1 aromatic carbocycles. The second kappa shape index (κ2) is 7.46. The first-order valence-corrected chi connectivity index (χ1v) is 8.65. The molecule has 0 amide bonds. The Balaban J connectivity index is 1.55. The maximum atomic E-state index is 12.0. The minimum Gasteiger partial charge on any atom is -0.460 e. The highest BCUT2D eigenvalue weighted by molar-refractivity contribution is 7.99. The lowest BCUT2D eigenvalue weighted by atomic mass is 9.97. The lowest BCUT2D eigenvalue weighted by Gasteiger charge is -2.14. The second-order valence-corrected chi connectivity index (χ2v) is 6.40. The molecule has 0 fully saturated rings. The molecule has 0 unspecified atom stereocenters. The van der Waals surface area contributed by atoms with E-state index in [9.17, 15) is 9.59 Å². The molecule has 120 valence electrons. The monoisotopic (exact) mass is 330 g/mol. The fourth-order valence-corrected chi connectivity index (χ4v) is 3.23. The third kappa shape index (κ3) is 4.22. The SMILES string of the molecule is O=C(CSc1nc2c(c(=O)[nH]1)CCCC2)OCc1ccccc1. The van der Waals surface area contributed by atoms with Gasteiger partial charge in [0.05, 0.1) is 11.4 Å². The molecule has 1 N–H and O–H groups in total. The molecule has 23 heavy (non-hydrogen) atoms. The number of benzene rings is 1. The van der Waals surface area contributed by atoms with Gasteiger partial charge in [-0.1, -0.05) is 42.1 Å². The smallest absolute Gasteiger partial charge is 0.316 e. The van der Waals surface area contributed by atoms with Crippen molar-refractivity contribution in [2.75, 3.05) is 5.75 Å².